The molecule has 0 saturated heterocycles. The van der Waals surface area contributed by atoms with Crippen molar-refractivity contribution in [1.29, 1.82) is 0 Å². The van der Waals surface area contributed by atoms with Gasteiger partial charge in [0.05, 0.1) is 29.3 Å². The van der Waals surface area contributed by atoms with E-state index in [1.165, 1.54) is 15.8 Å². The van der Waals surface area contributed by atoms with Crippen molar-refractivity contribution in [1.82, 2.24) is 29.9 Å². The molecular formula is C22H16N6S. The maximum atomic E-state index is 4.58. The molecule has 0 aliphatic heterocycles. The number of aryl methyl sites for hydroxylation is 1. The Morgan fingerprint density at radius 2 is 1.97 bits per heavy atom. The zero-order chi connectivity index (χ0) is 19.4. The van der Waals surface area contributed by atoms with E-state index in [1.54, 1.807) is 16.0 Å². The van der Waals surface area contributed by atoms with E-state index >= 15 is 0 Å². The highest BCUT2D eigenvalue weighted by atomic mass is 32.1. The average molecular weight is 396 g/mol. The SMILES string of the molecule is Cn1cc(-c2cc3c(-c4cc5c(-c6cccs6)cccc5[nH]4)n[nH]c3cn2)cn1. The Morgan fingerprint density at radius 1 is 1.00 bits per heavy atom. The van der Waals surface area contributed by atoms with Crippen LogP contribution in [-0.4, -0.2) is 29.9 Å². The number of nitrogens with one attached hydrogen (secondary N) is 2. The molecular weight excluding hydrogens is 380 g/mol. The lowest BCUT2D eigenvalue weighted by Crippen LogP contribution is -1.85. The Bertz CT molecular complexity index is 1470. The van der Waals surface area contributed by atoms with Gasteiger partial charge in [-0.2, -0.15) is 10.2 Å². The van der Waals surface area contributed by atoms with E-state index in [-0.39, 0.29) is 0 Å². The predicted molar refractivity (Wildman–Crippen MR) is 117 cm³/mol. The van der Waals surface area contributed by atoms with Gasteiger partial charge in [-0.25, -0.2) is 0 Å². The van der Waals surface area contributed by atoms with Crippen molar-refractivity contribution in [3.63, 3.8) is 0 Å². The summed E-state index contributed by atoms with van der Waals surface area (Å²) in [7, 11) is 1.90. The van der Waals surface area contributed by atoms with Crippen LogP contribution in [0.5, 0.6) is 0 Å². The summed E-state index contributed by atoms with van der Waals surface area (Å²) in [6.45, 7) is 0. The summed E-state index contributed by atoms with van der Waals surface area (Å²) in [5.41, 5.74) is 6.98. The maximum Gasteiger partial charge on any atom is 0.116 e. The topological polar surface area (TPSA) is 75.2 Å². The van der Waals surface area contributed by atoms with E-state index in [4.69, 9.17) is 0 Å². The van der Waals surface area contributed by atoms with Crippen LogP contribution in [0.1, 0.15) is 0 Å². The van der Waals surface area contributed by atoms with Crippen molar-refractivity contribution in [3.8, 4) is 33.1 Å². The number of fused-ring (bicyclic) bond motifs is 2. The molecule has 0 atom stereocenters. The van der Waals surface area contributed by atoms with Gasteiger partial charge in [-0.3, -0.25) is 14.8 Å². The number of rotatable bonds is 3. The molecule has 0 bridgehead atoms. The first-order valence-corrected chi connectivity index (χ1v) is 10.1. The van der Waals surface area contributed by atoms with E-state index in [2.05, 4.69) is 73.1 Å². The van der Waals surface area contributed by atoms with E-state index < -0.39 is 0 Å². The first kappa shape index (κ1) is 16.3. The fraction of sp³-hybridized carbons (Fsp3) is 0.0455. The number of benzene rings is 1. The Hall–Kier alpha value is -3.71. The number of pyridine rings is 1. The second-order valence-corrected chi connectivity index (χ2v) is 7.96. The molecule has 140 valence electrons. The number of aromatic nitrogens is 6. The van der Waals surface area contributed by atoms with Gasteiger partial charge < -0.3 is 4.98 Å². The molecule has 7 heteroatoms. The quantitative estimate of drug-likeness (QED) is 0.430. The molecule has 0 unspecified atom stereocenters. The summed E-state index contributed by atoms with van der Waals surface area (Å²) < 4.78 is 1.78. The van der Waals surface area contributed by atoms with E-state index in [1.807, 2.05) is 25.6 Å². The van der Waals surface area contributed by atoms with Crippen LogP contribution >= 0.6 is 11.3 Å². The van der Waals surface area contributed by atoms with Crippen LogP contribution in [0.2, 0.25) is 0 Å². The summed E-state index contributed by atoms with van der Waals surface area (Å²) in [5, 5.41) is 16.3. The minimum Gasteiger partial charge on any atom is -0.353 e. The highest BCUT2D eigenvalue weighted by molar-refractivity contribution is 7.13. The zero-order valence-electron chi connectivity index (χ0n) is 15.5. The standard InChI is InChI=1S/C22H16N6S/c1-28-12-13(10-24-28)18-9-16-20(11-23-18)26-27-22(16)19-8-15-14(21-6-3-7-29-21)4-2-5-17(15)25-19/h2-12,25H,1H3,(H,26,27). The third-order valence-electron chi connectivity index (χ3n) is 5.15. The first-order chi connectivity index (χ1) is 14.3. The molecule has 0 amide bonds. The Kier molecular flexibility index (Phi) is 3.45. The van der Waals surface area contributed by atoms with Gasteiger partial charge in [-0.1, -0.05) is 18.2 Å². The number of hydrogen-bond donors (Lipinski definition) is 2. The molecule has 5 aromatic heterocycles. The molecule has 6 aromatic rings. The molecule has 0 spiro atoms. The van der Waals surface area contributed by atoms with E-state index in [0.29, 0.717) is 0 Å². The molecule has 0 aliphatic rings. The van der Waals surface area contributed by atoms with Gasteiger partial charge in [0.15, 0.2) is 0 Å². The van der Waals surface area contributed by atoms with Gasteiger partial charge in [0, 0.05) is 45.5 Å². The van der Waals surface area contributed by atoms with Gasteiger partial charge >= 0.3 is 0 Å². The first-order valence-electron chi connectivity index (χ1n) is 9.25. The number of thiophene rings is 1. The third kappa shape index (κ3) is 2.59. The van der Waals surface area contributed by atoms with Crippen molar-refractivity contribution in [3.05, 3.63) is 66.4 Å². The monoisotopic (exact) mass is 396 g/mol. The predicted octanol–water partition coefficient (Wildman–Crippen LogP) is 5.24. The molecule has 1 aromatic carbocycles. The molecule has 0 saturated carbocycles. The van der Waals surface area contributed by atoms with Gasteiger partial charge in [0.2, 0.25) is 0 Å². The smallest absolute Gasteiger partial charge is 0.116 e. The van der Waals surface area contributed by atoms with Crippen LogP contribution in [-0.2, 0) is 7.05 Å². The maximum absolute atomic E-state index is 4.58. The summed E-state index contributed by atoms with van der Waals surface area (Å²) in [4.78, 5) is 9.36. The number of H-pyrrole nitrogens is 2. The molecule has 6 nitrogen and oxygen atoms in total. The van der Waals surface area contributed by atoms with Crippen molar-refractivity contribution in [2.75, 3.05) is 0 Å². The van der Waals surface area contributed by atoms with Crippen LogP contribution in [0.25, 0.3) is 54.9 Å². The lowest BCUT2D eigenvalue weighted by molar-refractivity contribution is 0.768. The van der Waals surface area contributed by atoms with E-state index in [0.717, 1.165) is 39.1 Å². The third-order valence-corrected chi connectivity index (χ3v) is 6.06. The lowest BCUT2D eigenvalue weighted by Gasteiger charge is -1.98. The van der Waals surface area contributed by atoms with E-state index in [9.17, 15) is 0 Å². The fourth-order valence-corrected chi connectivity index (χ4v) is 4.53. The van der Waals surface area contributed by atoms with Crippen LogP contribution in [0.4, 0.5) is 0 Å². The highest BCUT2D eigenvalue weighted by Gasteiger charge is 2.15. The van der Waals surface area contributed by atoms with Crippen LogP contribution in [0, 0.1) is 0 Å². The number of aromatic amines is 2. The normalized spacial score (nSPS) is 11.6. The van der Waals surface area contributed by atoms with Crippen LogP contribution in [0.15, 0.2) is 66.4 Å². The summed E-state index contributed by atoms with van der Waals surface area (Å²) in [6, 6.07) is 14.8. The highest BCUT2D eigenvalue weighted by Crippen LogP contribution is 2.36. The number of nitrogens with zero attached hydrogens (tertiary/aromatic N) is 4. The second-order valence-electron chi connectivity index (χ2n) is 7.02. The largest absolute Gasteiger partial charge is 0.353 e. The minimum absolute atomic E-state index is 0.878. The van der Waals surface area contributed by atoms with Crippen molar-refractivity contribution >= 4 is 33.1 Å². The van der Waals surface area contributed by atoms with Crippen molar-refractivity contribution in [2.24, 2.45) is 7.05 Å². The molecule has 29 heavy (non-hydrogen) atoms. The molecule has 6 rings (SSSR count). The fourth-order valence-electron chi connectivity index (χ4n) is 3.76. The molecule has 0 fully saturated rings. The van der Waals surface area contributed by atoms with Gasteiger partial charge in [0.25, 0.3) is 0 Å². The Balaban J connectivity index is 1.53. The summed E-state index contributed by atoms with van der Waals surface area (Å²) >= 11 is 1.75. The number of hydrogen-bond acceptors (Lipinski definition) is 4. The Morgan fingerprint density at radius 3 is 2.79 bits per heavy atom. The van der Waals surface area contributed by atoms with Crippen LogP contribution in [0.3, 0.4) is 0 Å². The van der Waals surface area contributed by atoms with Gasteiger partial charge in [0.1, 0.15) is 5.69 Å². The van der Waals surface area contributed by atoms with Crippen molar-refractivity contribution in [2.45, 2.75) is 0 Å². The molecule has 2 N–H and O–H groups in total. The Labute approximate surface area is 169 Å². The van der Waals surface area contributed by atoms with Gasteiger partial charge in [-0.15, -0.1) is 11.3 Å². The molecule has 5 heterocycles. The summed E-state index contributed by atoms with van der Waals surface area (Å²) in [5.74, 6) is 0. The zero-order valence-corrected chi connectivity index (χ0v) is 16.4. The second kappa shape index (κ2) is 6.15. The van der Waals surface area contributed by atoms with Crippen molar-refractivity contribution < 1.29 is 0 Å². The summed E-state index contributed by atoms with van der Waals surface area (Å²) in [6.07, 6.45) is 5.61. The average Bonchev–Trinajstić information content (AvgIpc) is 3.51. The minimum atomic E-state index is 0.878. The molecule has 0 radical (unpaired) electrons. The van der Waals surface area contributed by atoms with Crippen LogP contribution < -0.4 is 0 Å². The lowest BCUT2D eigenvalue weighted by atomic mass is 10.1. The van der Waals surface area contributed by atoms with Gasteiger partial charge in [-0.05, 0) is 29.6 Å². The molecule has 0 aliphatic carbocycles.